The van der Waals surface area contributed by atoms with Gasteiger partial charge in [0.05, 0.1) is 5.41 Å². The van der Waals surface area contributed by atoms with Crippen molar-refractivity contribution < 1.29 is 23.8 Å². The summed E-state index contributed by atoms with van der Waals surface area (Å²) in [5.41, 5.74) is 1.15. The minimum atomic E-state index is -0.640. The molecule has 0 saturated heterocycles. The van der Waals surface area contributed by atoms with Gasteiger partial charge in [0.1, 0.15) is 13.2 Å². The second-order valence-electron chi connectivity index (χ2n) is 7.39. The van der Waals surface area contributed by atoms with E-state index in [1.165, 1.54) is 4.90 Å². The van der Waals surface area contributed by atoms with Crippen molar-refractivity contribution in [2.75, 3.05) is 26.9 Å². The molecule has 0 N–H and O–H groups in total. The molecule has 2 aromatic rings. The number of fused-ring (bicyclic) bond motifs is 1. The summed E-state index contributed by atoms with van der Waals surface area (Å²) in [6.07, 6.45) is 1.43. The molecule has 0 spiro atoms. The maximum absolute atomic E-state index is 12.6. The highest BCUT2D eigenvalue weighted by molar-refractivity contribution is 6.30. The van der Waals surface area contributed by atoms with E-state index in [0.717, 1.165) is 11.1 Å². The van der Waals surface area contributed by atoms with Gasteiger partial charge in [-0.1, -0.05) is 29.8 Å². The number of carbonyl (C=O) groups is 2. The van der Waals surface area contributed by atoms with Gasteiger partial charge in [0.2, 0.25) is 0 Å². The number of ether oxygens (including phenoxy) is 3. The predicted molar refractivity (Wildman–Crippen MR) is 107 cm³/mol. The number of benzene rings is 2. The van der Waals surface area contributed by atoms with E-state index in [4.69, 9.17) is 25.8 Å². The lowest BCUT2D eigenvalue weighted by Gasteiger charge is -2.21. The summed E-state index contributed by atoms with van der Waals surface area (Å²) in [5, 5.41) is 0.619. The molecular formula is C22H22ClNO5. The van der Waals surface area contributed by atoms with Crippen molar-refractivity contribution in [1.82, 2.24) is 4.90 Å². The Hall–Kier alpha value is -2.73. The van der Waals surface area contributed by atoms with Crippen LogP contribution in [-0.4, -0.2) is 43.6 Å². The molecule has 6 nitrogen and oxygen atoms in total. The van der Waals surface area contributed by atoms with E-state index in [1.807, 2.05) is 30.3 Å². The first-order valence-corrected chi connectivity index (χ1v) is 9.91. The average Bonchev–Trinajstić information content (AvgIpc) is 3.54. The van der Waals surface area contributed by atoms with E-state index in [0.29, 0.717) is 49.1 Å². The number of amides is 1. The second kappa shape index (κ2) is 7.95. The van der Waals surface area contributed by atoms with Gasteiger partial charge in [-0.3, -0.25) is 9.59 Å². The van der Waals surface area contributed by atoms with Crippen LogP contribution in [0.3, 0.4) is 0 Å². The minimum Gasteiger partial charge on any atom is -0.486 e. The molecule has 0 bridgehead atoms. The topological polar surface area (TPSA) is 65.1 Å². The summed E-state index contributed by atoms with van der Waals surface area (Å²) in [6, 6.07) is 12.8. The highest BCUT2D eigenvalue weighted by atomic mass is 35.5. The van der Waals surface area contributed by atoms with E-state index in [2.05, 4.69) is 0 Å². The van der Waals surface area contributed by atoms with E-state index in [9.17, 15) is 9.59 Å². The lowest BCUT2D eigenvalue weighted by atomic mass is 9.96. The Morgan fingerprint density at radius 3 is 2.45 bits per heavy atom. The molecule has 1 fully saturated rings. The summed E-state index contributed by atoms with van der Waals surface area (Å²) in [5.74, 6) is 0.764. The molecule has 0 unspecified atom stereocenters. The van der Waals surface area contributed by atoms with Gasteiger partial charge in [-0.05, 0) is 48.2 Å². The van der Waals surface area contributed by atoms with Crippen LogP contribution in [0.1, 0.15) is 24.0 Å². The Labute approximate surface area is 174 Å². The third kappa shape index (κ3) is 4.17. The number of nitrogens with zero attached hydrogens (tertiary/aromatic N) is 1. The number of hydrogen-bond donors (Lipinski definition) is 0. The van der Waals surface area contributed by atoms with Crippen LogP contribution in [-0.2, 0) is 26.3 Å². The zero-order valence-electron chi connectivity index (χ0n) is 16.2. The Morgan fingerprint density at radius 2 is 1.76 bits per heavy atom. The zero-order chi connectivity index (χ0) is 20.4. The number of hydrogen-bond acceptors (Lipinski definition) is 5. The van der Waals surface area contributed by atoms with E-state index in [-0.39, 0.29) is 18.5 Å². The molecule has 7 heteroatoms. The van der Waals surface area contributed by atoms with Crippen LogP contribution in [0.2, 0.25) is 5.02 Å². The monoisotopic (exact) mass is 415 g/mol. The maximum Gasteiger partial charge on any atom is 0.317 e. The number of likely N-dealkylation sites (N-methyl/N-ethyl adjacent to an activating group) is 1. The summed E-state index contributed by atoms with van der Waals surface area (Å²) < 4.78 is 16.4. The van der Waals surface area contributed by atoms with Crippen molar-refractivity contribution in [1.29, 1.82) is 0 Å². The molecule has 1 saturated carbocycles. The highest BCUT2D eigenvalue weighted by Crippen LogP contribution is 2.49. The molecule has 152 valence electrons. The van der Waals surface area contributed by atoms with Crippen molar-refractivity contribution >= 4 is 23.5 Å². The van der Waals surface area contributed by atoms with Crippen LogP contribution in [0.5, 0.6) is 11.5 Å². The van der Waals surface area contributed by atoms with Crippen LogP contribution >= 0.6 is 11.6 Å². The summed E-state index contributed by atoms with van der Waals surface area (Å²) in [6.45, 7) is 1.15. The van der Waals surface area contributed by atoms with Gasteiger partial charge >= 0.3 is 5.97 Å². The molecule has 1 amide bonds. The highest BCUT2D eigenvalue weighted by Gasteiger charge is 2.52. The smallest absolute Gasteiger partial charge is 0.317 e. The van der Waals surface area contributed by atoms with Gasteiger partial charge in [-0.25, -0.2) is 0 Å². The SMILES string of the molecule is CN(Cc1ccc2c(c1)OCCO2)C(=O)COC(=O)C1(c2ccc(Cl)cc2)CC1. The fourth-order valence-electron chi connectivity index (χ4n) is 3.43. The largest absolute Gasteiger partial charge is 0.486 e. The lowest BCUT2D eigenvalue weighted by molar-refractivity contribution is -0.154. The average molecular weight is 416 g/mol. The number of carbonyl (C=O) groups excluding carboxylic acids is 2. The van der Waals surface area contributed by atoms with Crippen molar-refractivity contribution in [3.63, 3.8) is 0 Å². The lowest BCUT2D eigenvalue weighted by Crippen LogP contribution is -2.33. The molecule has 0 atom stereocenters. The molecule has 0 radical (unpaired) electrons. The van der Waals surface area contributed by atoms with Crippen LogP contribution in [0, 0.1) is 0 Å². The molecule has 2 aromatic carbocycles. The minimum absolute atomic E-state index is 0.264. The molecule has 1 heterocycles. The van der Waals surface area contributed by atoms with Crippen LogP contribution in [0.25, 0.3) is 0 Å². The first-order valence-electron chi connectivity index (χ1n) is 9.54. The molecule has 29 heavy (non-hydrogen) atoms. The fraction of sp³-hybridized carbons (Fsp3) is 0.364. The van der Waals surface area contributed by atoms with Gasteiger partial charge in [0.25, 0.3) is 5.91 Å². The summed E-state index contributed by atoms with van der Waals surface area (Å²) in [7, 11) is 1.68. The quantitative estimate of drug-likeness (QED) is 0.677. The Morgan fingerprint density at radius 1 is 1.07 bits per heavy atom. The number of esters is 1. The normalized spacial score (nSPS) is 16.1. The Bertz CT molecular complexity index is 923. The van der Waals surface area contributed by atoms with Gasteiger partial charge in [0.15, 0.2) is 18.1 Å². The van der Waals surface area contributed by atoms with Crippen LogP contribution in [0.15, 0.2) is 42.5 Å². The third-order valence-electron chi connectivity index (χ3n) is 5.32. The van der Waals surface area contributed by atoms with Crippen molar-refractivity contribution in [2.24, 2.45) is 0 Å². The first-order chi connectivity index (χ1) is 14.0. The van der Waals surface area contributed by atoms with Gasteiger partial charge in [-0.2, -0.15) is 0 Å². The van der Waals surface area contributed by atoms with Gasteiger partial charge < -0.3 is 19.1 Å². The standard InChI is InChI=1S/C22H22ClNO5/c1-24(13-15-2-7-18-19(12-15)28-11-10-27-18)20(25)14-29-21(26)22(8-9-22)16-3-5-17(23)6-4-16/h2-7,12H,8-11,13-14H2,1H3. The molecule has 0 aromatic heterocycles. The molecule has 1 aliphatic carbocycles. The van der Waals surface area contributed by atoms with E-state index < -0.39 is 5.41 Å². The molecule has 1 aliphatic heterocycles. The fourth-order valence-corrected chi connectivity index (χ4v) is 3.55. The van der Waals surface area contributed by atoms with Gasteiger partial charge in [0, 0.05) is 18.6 Å². The first kappa shape index (κ1) is 19.6. The summed E-state index contributed by atoms with van der Waals surface area (Å²) >= 11 is 5.92. The third-order valence-corrected chi connectivity index (χ3v) is 5.57. The molecule has 2 aliphatic rings. The zero-order valence-corrected chi connectivity index (χ0v) is 16.9. The van der Waals surface area contributed by atoms with E-state index in [1.54, 1.807) is 19.2 Å². The van der Waals surface area contributed by atoms with Crippen LogP contribution in [0.4, 0.5) is 0 Å². The second-order valence-corrected chi connectivity index (χ2v) is 7.83. The van der Waals surface area contributed by atoms with Crippen molar-refractivity contribution in [2.45, 2.75) is 24.8 Å². The number of halogens is 1. The molecular weight excluding hydrogens is 394 g/mol. The Kier molecular flexibility index (Phi) is 5.37. The van der Waals surface area contributed by atoms with Gasteiger partial charge in [-0.15, -0.1) is 0 Å². The van der Waals surface area contributed by atoms with E-state index >= 15 is 0 Å². The van der Waals surface area contributed by atoms with Crippen LogP contribution < -0.4 is 9.47 Å². The maximum atomic E-state index is 12.6. The van der Waals surface area contributed by atoms with Crippen molar-refractivity contribution in [3.8, 4) is 11.5 Å². The predicted octanol–water partition coefficient (Wildman–Crippen LogP) is 3.34. The van der Waals surface area contributed by atoms with Crippen molar-refractivity contribution in [3.05, 3.63) is 58.6 Å². The Balaban J connectivity index is 1.32. The molecule has 4 rings (SSSR count). The summed E-state index contributed by atoms with van der Waals surface area (Å²) in [4.78, 5) is 26.6. The number of rotatable bonds is 6.